The highest BCUT2D eigenvalue weighted by Crippen LogP contribution is 2.38. The number of allylic oxidation sites excluding steroid dienone is 1. The van der Waals surface area contributed by atoms with Gasteiger partial charge in [-0.15, -0.1) is 0 Å². The predicted octanol–water partition coefficient (Wildman–Crippen LogP) is 5.69. The van der Waals surface area contributed by atoms with Crippen LogP contribution in [0.25, 0.3) is 17.2 Å². The fourth-order valence-corrected chi connectivity index (χ4v) is 3.36. The fourth-order valence-electron chi connectivity index (χ4n) is 2.85. The number of benzene rings is 2. The first-order valence-corrected chi connectivity index (χ1v) is 7.42. The molecule has 2 aromatic carbocycles. The van der Waals surface area contributed by atoms with Gasteiger partial charge in [0.2, 0.25) is 0 Å². The van der Waals surface area contributed by atoms with E-state index in [-0.39, 0.29) is 0 Å². The van der Waals surface area contributed by atoms with Gasteiger partial charge in [-0.25, -0.2) is 0 Å². The van der Waals surface area contributed by atoms with Gasteiger partial charge in [0, 0.05) is 4.47 Å². The number of hydrogen-bond acceptors (Lipinski definition) is 0. The second-order valence-corrected chi connectivity index (χ2v) is 6.36. The molecule has 0 N–H and O–H groups in total. The van der Waals surface area contributed by atoms with Gasteiger partial charge in [-0.1, -0.05) is 45.8 Å². The standard InChI is InChI=1S/C18H17Br/c1-11-7-14-9-15(19)10-18(17(14)8-11)16-6-4-5-12(2)13(16)3/h4-6,8-10H,7H2,1-3H3. The summed E-state index contributed by atoms with van der Waals surface area (Å²) in [4.78, 5) is 0. The molecule has 0 bridgehead atoms. The van der Waals surface area contributed by atoms with Crippen LogP contribution >= 0.6 is 15.9 Å². The highest BCUT2D eigenvalue weighted by atomic mass is 79.9. The smallest absolute Gasteiger partial charge is 0.0184 e. The van der Waals surface area contributed by atoms with E-state index in [1.54, 1.807) is 0 Å². The largest absolute Gasteiger partial charge is 0.0683 e. The summed E-state index contributed by atoms with van der Waals surface area (Å²) < 4.78 is 1.17. The van der Waals surface area contributed by atoms with Crippen molar-refractivity contribution in [2.75, 3.05) is 0 Å². The van der Waals surface area contributed by atoms with Crippen molar-refractivity contribution in [3.8, 4) is 11.1 Å². The molecule has 0 unspecified atom stereocenters. The summed E-state index contributed by atoms with van der Waals surface area (Å²) in [6.45, 7) is 6.60. The first-order valence-electron chi connectivity index (χ1n) is 6.62. The molecule has 2 aromatic rings. The first-order chi connectivity index (χ1) is 9.06. The van der Waals surface area contributed by atoms with E-state index in [1.165, 1.54) is 43.4 Å². The van der Waals surface area contributed by atoms with Crippen molar-refractivity contribution in [2.24, 2.45) is 0 Å². The molecule has 0 aromatic heterocycles. The molecule has 0 saturated heterocycles. The third-order valence-electron chi connectivity index (χ3n) is 3.99. The van der Waals surface area contributed by atoms with Gasteiger partial charge in [0.25, 0.3) is 0 Å². The lowest BCUT2D eigenvalue weighted by Crippen LogP contribution is -1.92. The molecular formula is C18H17Br. The van der Waals surface area contributed by atoms with Gasteiger partial charge >= 0.3 is 0 Å². The van der Waals surface area contributed by atoms with E-state index < -0.39 is 0 Å². The topological polar surface area (TPSA) is 0 Å². The van der Waals surface area contributed by atoms with E-state index in [9.17, 15) is 0 Å². The quantitative estimate of drug-likeness (QED) is 0.634. The minimum Gasteiger partial charge on any atom is -0.0683 e. The van der Waals surface area contributed by atoms with Crippen LogP contribution in [0.5, 0.6) is 0 Å². The van der Waals surface area contributed by atoms with E-state index in [4.69, 9.17) is 0 Å². The molecule has 0 atom stereocenters. The normalized spacial score (nSPS) is 13.4. The molecule has 1 aliphatic rings. The SMILES string of the molecule is CC1=Cc2c(cc(Br)cc2-c2cccc(C)c2C)C1. The Labute approximate surface area is 123 Å². The van der Waals surface area contributed by atoms with Crippen molar-refractivity contribution in [1.82, 2.24) is 0 Å². The molecule has 3 rings (SSSR count). The summed E-state index contributed by atoms with van der Waals surface area (Å²) in [5, 5.41) is 0. The maximum Gasteiger partial charge on any atom is 0.0184 e. The highest BCUT2D eigenvalue weighted by molar-refractivity contribution is 9.10. The Morgan fingerprint density at radius 1 is 1.00 bits per heavy atom. The number of rotatable bonds is 1. The second kappa shape index (κ2) is 4.64. The molecule has 1 heteroatoms. The molecule has 0 heterocycles. The van der Waals surface area contributed by atoms with Crippen LogP contribution in [0.4, 0.5) is 0 Å². The Hall–Kier alpha value is -1.34. The molecule has 19 heavy (non-hydrogen) atoms. The molecular weight excluding hydrogens is 296 g/mol. The van der Waals surface area contributed by atoms with Crippen molar-refractivity contribution < 1.29 is 0 Å². The summed E-state index contributed by atoms with van der Waals surface area (Å²) in [5.41, 5.74) is 9.70. The van der Waals surface area contributed by atoms with E-state index >= 15 is 0 Å². The summed E-state index contributed by atoms with van der Waals surface area (Å²) >= 11 is 3.65. The molecule has 0 aliphatic heterocycles. The third kappa shape index (κ3) is 2.17. The average molecular weight is 313 g/mol. The van der Waals surface area contributed by atoms with Crippen LogP contribution in [0.1, 0.15) is 29.2 Å². The van der Waals surface area contributed by atoms with Gasteiger partial charge in [-0.3, -0.25) is 0 Å². The van der Waals surface area contributed by atoms with Gasteiger partial charge in [-0.2, -0.15) is 0 Å². The van der Waals surface area contributed by atoms with Gasteiger partial charge in [0.15, 0.2) is 0 Å². The summed E-state index contributed by atoms with van der Waals surface area (Å²) in [6.07, 6.45) is 3.41. The van der Waals surface area contributed by atoms with Crippen molar-refractivity contribution in [2.45, 2.75) is 27.2 Å². The van der Waals surface area contributed by atoms with Crippen molar-refractivity contribution in [3.05, 3.63) is 62.6 Å². The average Bonchev–Trinajstić information content (AvgIpc) is 2.72. The van der Waals surface area contributed by atoms with E-state index in [0.29, 0.717) is 0 Å². The molecule has 96 valence electrons. The zero-order valence-corrected chi connectivity index (χ0v) is 13.1. The van der Waals surface area contributed by atoms with Crippen LogP contribution in [-0.2, 0) is 6.42 Å². The van der Waals surface area contributed by atoms with Crippen LogP contribution in [0, 0.1) is 13.8 Å². The lowest BCUT2D eigenvalue weighted by atomic mass is 9.92. The molecule has 1 aliphatic carbocycles. The van der Waals surface area contributed by atoms with Gasteiger partial charge < -0.3 is 0 Å². The maximum absolute atomic E-state index is 3.65. The van der Waals surface area contributed by atoms with Crippen LogP contribution in [0.15, 0.2) is 40.4 Å². The van der Waals surface area contributed by atoms with Gasteiger partial charge in [0.05, 0.1) is 0 Å². The molecule has 0 fully saturated rings. The minimum atomic E-state index is 1.08. The summed E-state index contributed by atoms with van der Waals surface area (Å²) in [7, 11) is 0. The molecule has 0 spiro atoms. The highest BCUT2D eigenvalue weighted by Gasteiger charge is 2.17. The van der Waals surface area contributed by atoms with E-state index in [0.717, 1.165) is 6.42 Å². The fraction of sp³-hybridized carbons (Fsp3) is 0.222. The van der Waals surface area contributed by atoms with Crippen LogP contribution in [-0.4, -0.2) is 0 Å². The molecule has 0 saturated carbocycles. The summed E-state index contributed by atoms with van der Waals surface area (Å²) in [5.74, 6) is 0. The predicted molar refractivity (Wildman–Crippen MR) is 86.4 cm³/mol. The lowest BCUT2D eigenvalue weighted by Gasteiger charge is -2.13. The number of fused-ring (bicyclic) bond motifs is 1. The van der Waals surface area contributed by atoms with Gasteiger partial charge in [0.1, 0.15) is 0 Å². The maximum atomic E-state index is 3.65. The van der Waals surface area contributed by atoms with Crippen LogP contribution in [0.3, 0.4) is 0 Å². The minimum absolute atomic E-state index is 1.08. The number of aryl methyl sites for hydroxylation is 1. The number of halogens is 1. The Morgan fingerprint density at radius 2 is 1.79 bits per heavy atom. The van der Waals surface area contributed by atoms with Gasteiger partial charge in [-0.05, 0) is 72.7 Å². The molecule has 0 nitrogen and oxygen atoms in total. The zero-order chi connectivity index (χ0) is 13.6. The Balaban J connectivity index is 2.29. The zero-order valence-electron chi connectivity index (χ0n) is 11.5. The molecule has 0 radical (unpaired) electrons. The van der Waals surface area contributed by atoms with Crippen LogP contribution in [0.2, 0.25) is 0 Å². The number of hydrogen-bond donors (Lipinski definition) is 0. The van der Waals surface area contributed by atoms with Crippen LogP contribution < -0.4 is 0 Å². The second-order valence-electron chi connectivity index (χ2n) is 5.44. The Morgan fingerprint density at radius 3 is 2.58 bits per heavy atom. The Kier molecular flexibility index (Phi) is 3.10. The summed E-state index contributed by atoms with van der Waals surface area (Å²) in [6, 6.07) is 11.0. The monoisotopic (exact) mass is 312 g/mol. The van der Waals surface area contributed by atoms with Crippen molar-refractivity contribution in [1.29, 1.82) is 0 Å². The Bertz CT molecular complexity index is 693. The lowest BCUT2D eigenvalue weighted by molar-refractivity contribution is 1.19. The first kappa shape index (κ1) is 12.7. The van der Waals surface area contributed by atoms with Crippen molar-refractivity contribution in [3.63, 3.8) is 0 Å². The van der Waals surface area contributed by atoms with Crippen molar-refractivity contribution >= 4 is 22.0 Å². The van der Waals surface area contributed by atoms with E-state index in [2.05, 4.69) is 73.1 Å². The molecule has 0 amide bonds. The third-order valence-corrected chi connectivity index (χ3v) is 4.44. The van der Waals surface area contributed by atoms with E-state index in [1.807, 2.05) is 0 Å².